The van der Waals surface area contributed by atoms with E-state index in [-0.39, 0.29) is 0 Å². The molecule has 1 aliphatic heterocycles. The Bertz CT molecular complexity index is 816. The highest BCUT2D eigenvalue weighted by Gasteiger charge is 2.26. The van der Waals surface area contributed by atoms with E-state index in [1.165, 1.54) is 4.90 Å². The van der Waals surface area contributed by atoms with E-state index in [2.05, 4.69) is 10.5 Å². The first kappa shape index (κ1) is 14.6. The number of carbonyl (C=O) groups excluding carboxylic acids is 2. The zero-order chi connectivity index (χ0) is 16.4. The molecule has 5 N–H and O–H groups in total. The van der Waals surface area contributed by atoms with Crippen molar-refractivity contribution in [3.63, 3.8) is 0 Å². The molecular weight excluding hydrogens is 294 g/mol. The number of nitrogens with two attached hydrogens (primary N) is 2. The van der Waals surface area contributed by atoms with Gasteiger partial charge in [0, 0.05) is 12.0 Å². The summed E-state index contributed by atoms with van der Waals surface area (Å²) in [5.74, 6) is 0. The van der Waals surface area contributed by atoms with Crippen LogP contribution in [0.4, 0.5) is 21.0 Å². The fourth-order valence-corrected chi connectivity index (χ4v) is 2.66. The second-order valence-corrected chi connectivity index (χ2v) is 5.03. The van der Waals surface area contributed by atoms with Gasteiger partial charge in [0.2, 0.25) is 0 Å². The molecule has 0 atom stereocenters. The second kappa shape index (κ2) is 5.80. The molecule has 0 aliphatic carbocycles. The Morgan fingerprint density at radius 3 is 2.35 bits per heavy atom. The van der Waals surface area contributed by atoms with Crippen LogP contribution in [0.2, 0.25) is 0 Å². The molecule has 3 rings (SSSR count). The number of hydrogen-bond acceptors (Lipinski definition) is 3. The van der Waals surface area contributed by atoms with Gasteiger partial charge < -0.3 is 11.5 Å². The number of anilines is 2. The van der Waals surface area contributed by atoms with Gasteiger partial charge in [-0.2, -0.15) is 5.10 Å². The molecule has 0 saturated carbocycles. The van der Waals surface area contributed by atoms with Gasteiger partial charge in [-0.3, -0.25) is 4.90 Å². The highest BCUT2D eigenvalue weighted by Crippen LogP contribution is 2.35. The van der Waals surface area contributed by atoms with Crippen molar-refractivity contribution in [1.82, 2.24) is 5.43 Å². The van der Waals surface area contributed by atoms with Gasteiger partial charge in [0.05, 0.1) is 17.1 Å². The maximum atomic E-state index is 12.0. The predicted molar refractivity (Wildman–Crippen MR) is 87.6 cm³/mol. The Kier molecular flexibility index (Phi) is 3.68. The zero-order valence-electron chi connectivity index (χ0n) is 12.2. The summed E-state index contributed by atoms with van der Waals surface area (Å²) in [6, 6.07) is 13.3. The number of hydrazone groups is 1. The van der Waals surface area contributed by atoms with Crippen LogP contribution in [0.15, 0.2) is 53.6 Å². The first-order valence-electron chi connectivity index (χ1n) is 6.97. The number of rotatable bonds is 1. The molecule has 7 heteroatoms. The summed E-state index contributed by atoms with van der Waals surface area (Å²) in [4.78, 5) is 24.4. The summed E-state index contributed by atoms with van der Waals surface area (Å²) >= 11 is 0. The number of nitrogens with one attached hydrogen (secondary N) is 1. The van der Waals surface area contributed by atoms with Gasteiger partial charge in [-0.05, 0) is 17.7 Å². The molecule has 0 fully saturated rings. The lowest BCUT2D eigenvalue weighted by Gasteiger charge is -2.22. The minimum atomic E-state index is -0.751. The normalized spacial score (nSPS) is 14.6. The molecule has 116 valence electrons. The van der Waals surface area contributed by atoms with E-state index >= 15 is 0 Å². The summed E-state index contributed by atoms with van der Waals surface area (Å²) in [5.41, 5.74) is 16.4. The topological polar surface area (TPSA) is 114 Å². The van der Waals surface area contributed by atoms with Crippen LogP contribution in [0.5, 0.6) is 0 Å². The van der Waals surface area contributed by atoms with Crippen molar-refractivity contribution >= 4 is 29.1 Å². The van der Waals surface area contributed by atoms with Crippen LogP contribution in [0.3, 0.4) is 0 Å². The lowest BCUT2D eigenvalue weighted by molar-refractivity contribution is 0.249. The average Bonchev–Trinajstić information content (AvgIpc) is 2.67. The summed E-state index contributed by atoms with van der Waals surface area (Å²) in [5, 5.41) is 4.09. The van der Waals surface area contributed by atoms with Crippen LogP contribution >= 0.6 is 0 Å². The van der Waals surface area contributed by atoms with Crippen LogP contribution in [-0.2, 0) is 6.42 Å². The number of nitrogens with zero attached hydrogens (tertiary/aromatic N) is 2. The molecule has 0 saturated heterocycles. The molecule has 1 heterocycles. The minimum Gasteiger partial charge on any atom is -0.351 e. The average molecular weight is 309 g/mol. The molecule has 0 radical (unpaired) electrons. The molecule has 2 aromatic carbocycles. The molecule has 1 aliphatic rings. The van der Waals surface area contributed by atoms with Crippen LogP contribution in [0.25, 0.3) is 0 Å². The van der Waals surface area contributed by atoms with E-state index in [9.17, 15) is 9.59 Å². The maximum absolute atomic E-state index is 12.0. The van der Waals surface area contributed by atoms with Gasteiger partial charge in [-0.25, -0.2) is 15.0 Å². The van der Waals surface area contributed by atoms with Crippen molar-refractivity contribution in [2.75, 3.05) is 4.90 Å². The number of benzene rings is 2. The van der Waals surface area contributed by atoms with Gasteiger partial charge in [-0.15, -0.1) is 0 Å². The molecular formula is C16H15N5O2. The predicted octanol–water partition coefficient (Wildman–Crippen LogP) is 1.83. The largest absolute Gasteiger partial charge is 0.351 e. The van der Waals surface area contributed by atoms with Crippen molar-refractivity contribution in [1.29, 1.82) is 0 Å². The summed E-state index contributed by atoms with van der Waals surface area (Å²) < 4.78 is 0. The highest BCUT2D eigenvalue weighted by atomic mass is 16.2. The smallest absolute Gasteiger partial charge is 0.332 e. The van der Waals surface area contributed by atoms with Crippen molar-refractivity contribution in [2.24, 2.45) is 16.6 Å². The number of amides is 4. The van der Waals surface area contributed by atoms with Crippen LogP contribution in [0, 0.1) is 0 Å². The molecule has 0 bridgehead atoms. The van der Waals surface area contributed by atoms with Gasteiger partial charge >= 0.3 is 12.1 Å². The van der Waals surface area contributed by atoms with Gasteiger partial charge in [0.15, 0.2) is 0 Å². The van der Waals surface area contributed by atoms with Crippen LogP contribution in [0.1, 0.15) is 11.1 Å². The highest BCUT2D eigenvalue weighted by molar-refractivity contribution is 6.13. The number of carbonyl (C=O) groups is 2. The van der Waals surface area contributed by atoms with Gasteiger partial charge in [-0.1, -0.05) is 36.4 Å². The van der Waals surface area contributed by atoms with E-state index in [1.807, 2.05) is 42.5 Å². The monoisotopic (exact) mass is 309 g/mol. The summed E-state index contributed by atoms with van der Waals surface area (Å²) in [6.07, 6.45) is 0.428. The lowest BCUT2D eigenvalue weighted by Crippen LogP contribution is -2.32. The minimum absolute atomic E-state index is 0.428. The van der Waals surface area contributed by atoms with Crippen molar-refractivity contribution in [3.8, 4) is 0 Å². The first-order chi connectivity index (χ1) is 11.1. The third-order valence-corrected chi connectivity index (χ3v) is 3.57. The Hall–Kier alpha value is -3.35. The van der Waals surface area contributed by atoms with Crippen LogP contribution in [-0.4, -0.2) is 17.8 Å². The Morgan fingerprint density at radius 2 is 1.65 bits per heavy atom. The number of primary amides is 2. The van der Waals surface area contributed by atoms with Crippen molar-refractivity contribution < 1.29 is 9.59 Å². The third kappa shape index (κ3) is 2.71. The summed E-state index contributed by atoms with van der Waals surface area (Å²) in [7, 11) is 0. The number of urea groups is 2. The molecule has 4 amide bonds. The molecule has 7 nitrogen and oxygen atoms in total. The van der Waals surface area contributed by atoms with Crippen molar-refractivity contribution in [2.45, 2.75) is 6.42 Å². The Morgan fingerprint density at radius 1 is 1.00 bits per heavy atom. The number of hydrogen-bond donors (Lipinski definition) is 3. The fourth-order valence-electron chi connectivity index (χ4n) is 2.66. The quantitative estimate of drug-likeness (QED) is 0.698. The van der Waals surface area contributed by atoms with Crippen LogP contribution < -0.4 is 21.8 Å². The molecule has 0 aromatic heterocycles. The molecule has 2 aromatic rings. The first-order valence-corrected chi connectivity index (χ1v) is 6.97. The van der Waals surface area contributed by atoms with E-state index in [0.29, 0.717) is 29.1 Å². The number of fused-ring (bicyclic) bond motifs is 2. The number of para-hydroxylation sites is 2. The second-order valence-electron chi connectivity index (χ2n) is 5.03. The Labute approximate surface area is 132 Å². The maximum Gasteiger partial charge on any atom is 0.332 e. The van der Waals surface area contributed by atoms with E-state index in [1.54, 1.807) is 6.07 Å². The van der Waals surface area contributed by atoms with Gasteiger partial charge in [0.1, 0.15) is 0 Å². The van der Waals surface area contributed by atoms with E-state index in [4.69, 9.17) is 11.5 Å². The SMILES string of the molecule is NC(=O)N/N=C1/Cc2ccccc2N(C(N)=O)c2ccccc21. The van der Waals surface area contributed by atoms with E-state index in [0.717, 1.165) is 5.56 Å². The summed E-state index contributed by atoms with van der Waals surface area (Å²) in [6.45, 7) is 0. The molecule has 23 heavy (non-hydrogen) atoms. The molecule has 0 spiro atoms. The fraction of sp³-hybridized carbons (Fsp3) is 0.0625. The standard InChI is InChI=1S/C16H15N5O2/c17-15(22)20-19-12-9-10-5-1-3-7-13(10)21(16(18)23)14-8-4-2-6-11(12)14/h1-8H,9H2,(H2,18,23)(H3,17,20,22)/b19-12-. The third-order valence-electron chi connectivity index (χ3n) is 3.57. The van der Waals surface area contributed by atoms with E-state index < -0.39 is 12.1 Å². The zero-order valence-corrected chi connectivity index (χ0v) is 12.2. The van der Waals surface area contributed by atoms with Crippen molar-refractivity contribution in [3.05, 3.63) is 59.7 Å². The lowest BCUT2D eigenvalue weighted by atomic mass is 10.0. The molecule has 0 unspecified atom stereocenters. The Balaban J connectivity index is 2.24. The van der Waals surface area contributed by atoms with Gasteiger partial charge in [0.25, 0.3) is 0 Å².